The van der Waals surface area contributed by atoms with Gasteiger partial charge in [0.15, 0.2) is 0 Å². The molecule has 0 atom stereocenters. The van der Waals surface area contributed by atoms with Crippen LogP contribution in [0.2, 0.25) is 0 Å². The minimum absolute atomic E-state index is 0.118. The van der Waals surface area contributed by atoms with Crippen molar-refractivity contribution in [1.29, 1.82) is 0 Å². The van der Waals surface area contributed by atoms with E-state index in [0.29, 0.717) is 19.0 Å². The first kappa shape index (κ1) is 14.5. The molecule has 0 radical (unpaired) electrons. The second-order valence-corrected chi connectivity index (χ2v) is 5.94. The molecule has 0 aromatic heterocycles. The number of aliphatic hydroxyl groups is 1. The maximum Gasteiger partial charge on any atom is 0.236 e. The Morgan fingerprint density at radius 2 is 2.16 bits per heavy atom. The molecule has 0 unspecified atom stereocenters. The van der Waals surface area contributed by atoms with Crippen LogP contribution in [-0.4, -0.2) is 54.1 Å². The Kier molecular flexibility index (Phi) is 4.96. The van der Waals surface area contributed by atoms with Crippen LogP contribution in [0.3, 0.4) is 0 Å². The van der Waals surface area contributed by atoms with Gasteiger partial charge in [-0.2, -0.15) is 0 Å². The Morgan fingerprint density at radius 1 is 1.47 bits per heavy atom. The van der Waals surface area contributed by atoms with Crippen molar-refractivity contribution in [3.63, 3.8) is 0 Å². The summed E-state index contributed by atoms with van der Waals surface area (Å²) >= 11 is 3.49. The number of hydrogen-bond donors (Lipinski definition) is 1. The molecule has 0 aliphatic carbocycles. The Labute approximate surface area is 122 Å². The maximum absolute atomic E-state index is 12.1. The van der Waals surface area contributed by atoms with E-state index in [4.69, 9.17) is 5.11 Å². The van der Waals surface area contributed by atoms with Crippen LogP contribution < -0.4 is 0 Å². The lowest BCUT2D eigenvalue weighted by atomic mass is 10.0. The van der Waals surface area contributed by atoms with Crippen molar-refractivity contribution in [1.82, 2.24) is 9.80 Å². The largest absolute Gasteiger partial charge is 0.396 e. The third kappa shape index (κ3) is 3.78. The number of likely N-dealkylation sites (N-methyl/N-ethyl adjacent to an activating group) is 1. The summed E-state index contributed by atoms with van der Waals surface area (Å²) in [6.07, 6.45) is 0. The number of nitrogens with zero attached hydrogens (tertiary/aromatic N) is 2. The Bertz CT molecular complexity index is 447. The molecule has 0 bridgehead atoms. The SMILES string of the molecule is CN(Cc1ccccc1Br)C(=O)CN1CC(CO)C1. The number of aliphatic hydroxyl groups excluding tert-OH is 1. The number of likely N-dealkylation sites (tertiary alicyclic amines) is 1. The minimum Gasteiger partial charge on any atom is -0.396 e. The van der Waals surface area contributed by atoms with Crippen LogP contribution in [-0.2, 0) is 11.3 Å². The zero-order valence-electron chi connectivity index (χ0n) is 11.1. The van der Waals surface area contributed by atoms with E-state index in [0.717, 1.165) is 23.1 Å². The fourth-order valence-corrected chi connectivity index (χ4v) is 2.61. The Hall–Kier alpha value is -0.910. The summed E-state index contributed by atoms with van der Waals surface area (Å²) in [5, 5.41) is 8.95. The van der Waals surface area contributed by atoms with E-state index in [1.807, 2.05) is 31.3 Å². The predicted octanol–water partition coefficient (Wildman–Crippen LogP) is 1.33. The van der Waals surface area contributed by atoms with E-state index < -0.39 is 0 Å². The van der Waals surface area contributed by atoms with Gasteiger partial charge in [-0.15, -0.1) is 0 Å². The quantitative estimate of drug-likeness (QED) is 0.887. The summed E-state index contributed by atoms with van der Waals surface area (Å²) in [7, 11) is 1.82. The van der Waals surface area contributed by atoms with E-state index in [1.54, 1.807) is 4.90 Å². The third-order valence-corrected chi connectivity index (χ3v) is 4.21. The van der Waals surface area contributed by atoms with Gasteiger partial charge >= 0.3 is 0 Å². The lowest BCUT2D eigenvalue weighted by Crippen LogP contribution is -2.52. The molecule has 104 valence electrons. The molecule has 1 N–H and O–H groups in total. The van der Waals surface area contributed by atoms with Gasteiger partial charge in [0.25, 0.3) is 0 Å². The van der Waals surface area contributed by atoms with Crippen LogP contribution in [0.5, 0.6) is 0 Å². The van der Waals surface area contributed by atoms with Gasteiger partial charge in [-0.05, 0) is 11.6 Å². The first-order valence-corrected chi connectivity index (χ1v) is 7.20. The highest BCUT2D eigenvalue weighted by atomic mass is 79.9. The van der Waals surface area contributed by atoms with Crippen molar-refractivity contribution in [2.75, 3.05) is 33.3 Å². The van der Waals surface area contributed by atoms with Crippen LogP contribution in [0.15, 0.2) is 28.7 Å². The third-order valence-electron chi connectivity index (χ3n) is 3.44. The standard InChI is InChI=1S/C14H19BrN2O2/c1-16(8-12-4-2-3-5-13(12)15)14(19)9-17-6-11(7-17)10-18/h2-5,11,18H,6-10H2,1H3. The van der Waals surface area contributed by atoms with Crippen LogP contribution in [0.25, 0.3) is 0 Å². The van der Waals surface area contributed by atoms with Gasteiger partial charge in [0, 0.05) is 43.7 Å². The first-order chi connectivity index (χ1) is 9.10. The maximum atomic E-state index is 12.1. The summed E-state index contributed by atoms with van der Waals surface area (Å²) in [5.74, 6) is 0.466. The van der Waals surface area contributed by atoms with Gasteiger partial charge in [-0.3, -0.25) is 9.69 Å². The van der Waals surface area contributed by atoms with Crippen molar-refractivity contribution in [3.05, 3.63) is 34.3 Å². The number of hydrogen-bond acceptors (Lipinski definition) is 3. The molecule has 19 heavy (non-hydrogen) atoms. The van der Waals surface area contributed by atoms with Crippen LogP contribution in [0.4, 0.5) is 0 Å². The molecular weight excluding hydrogens is 308 g/mol. The van der Waals surface area contributed by atoms with Crippen molar-refractivity contribution < 1.29 is 9.90 Å². The average molecular weight is 327 g/mol. The van der Waals surface area contributed by atoms with Crippen molar-refractivity contribution in [2.24, 2.45) is 5.92 Å². The van der Waals surface area contributed by atoms with Crippen molar-refractivity contribution in [3.8, 4) is 0 Å². The highest BCUT2D eigenvalue weighted by molar-refractivity contribution is 9.10. The summed E-state index contributed by atoms with van der Waals surface area (Å²) in [6, 6.07) is 7.93. The van der Waals surface area contributed by atoms with E-state index in [2.05, 4.69) is 20.8 Å². The number of benzene rings is 1. The Morgan fingerprint density at radius 3 is 2.79 bits per heavy atom. The molecule has 1 aliphatic rings. The average Bonchev–Trinajstić information content (AvgIpc) is 2.35. The fraction of sp³-hybridized carbons (Fsp3) is 0.500. The predicted molar refractivity (Wildman–Crippen MR) is 77.6 cm³/mol. The summed E-state index contributed by atoms with van der Waals surface area (Å²) in [4.78, 5) is 15.9. The van der Waals surface area contributed by atoms with Gasteiger partial charge in [-0.25, -0.2) is 0 Å². The van der Waals surface area contributed by atoms with Crippen LogP contribution in [0, 0.1) is 5.92 Å². The van der Waals surface area contributed by atoms with Gasteiger partial charge < -0.3 is 10.0 Å². The van der Waals surface area contributed by atoms with Gasteiger partial charge in [0.05, 0.1) is 6.54 Å². The second kappa shape index (κ2) is 6.50. The van der Waals surface area contributed by atoms with Gasteiger partial charge in [0.2, 0.25) is 5.91 Å². The molecule has 0 spiro atoms. The van der Waals surface area contributed by atoms with E-state index in [1.165, 1.54) is 0 Å². The fourth-order valence-electron chi connectivity index (χ4n) is 2.20. The highest BCUT2D eigenvalue weighted by Gasteiger charge is 2.28. The minimum atomic E-state index is 0.118. The molecule has 1 aliphatic heterocycles. The summed E-state index contributed by atoms with van der Waals surface area (Å²) < 4.78 is 1.03. The van der Waals surface area contributed by atoms with Crippen molar-refractivity contribution >= 4 is 21.8 Å². The van der Waals surface area contributed by atoms with Gasteiger partial charge in [-0.1, -0.05) is 34.1 Å². The van der Waals surface area contributed by atoms with E-state index >= 15 is 0 Å². The molecule has 4 nitrogen and oxygen atoms in total. The lowest BCUT2D eigenvalue weighted by Gasteiger charge is -2.38. The zero-order chi connectivity index (χ0) is 13.8. The van der Waals surface area contributed by atoms with Gasteiger partial charge in [0.1, 0.15) is 0 Å². The van der Waals surface area contributed by atoms with Crippen LogP contribution >= 0.6 is 15.9 Å². The molecule has 2 rings (SSSR count). The molecule has 1 saturated heterocycles. The normalized spacial score (nSPS) is 16.2. The topological polar surface area (TPSA) is 43.8 Å². The second-order valence-electron chi connectivity index (χ2n) is 5.08. The molecule has 5 heteroatoms. The van der Waals surface area contributed by atoms with E-state index in [9.17, 15) is 4.79 Å². The molecular formula is C14H19BrN2O2. The molecule has 1 aromatic rings. The number of carbonyl (C=O) groups is 1. The summed E-state index contributed by atoms with van der Waals surface area (Å²) in [5.41, 5.74) is 1.11. The number of halogens is 1. The lowest BCUT2D eigenvalue weighted by molar-refractivity contribution is -0.133. The molecule has 1 amide bonds. The molecule has 1 aromatic carbocycles. The van der Waals surface area contributed by atoms with Crippen LogP contribution in [0.1, 0.15) is 5.56 Å². The highest BCUT2D eigenvalue weighted by Crippen LogP contribution is 2.18. The Balaban J connectivity index is 1.81. The molecule has 1 fully saturated rings. The molecule has 1 heterocycles. The monoisotopic (exact) mass is 326 g/mol. The number of carbonyl (C=O) groups excluding carboxylic acids is 1. The first-order valence-electron chi connectivity index (χ1n) is 6.40. The van der Waals surface area contributed by atoms with E-state index in [-0.39, 0.29) is 12.5 Å². The van der Waals surface area contributed by atoms with Crippen molar-refractivity contribution in [2.45, 2.75) is 6.54 Å². The number of amides is 1. The summed E-state index contributed by atoms with van der Waals surface area (Å²) in [6.45, 7) is 2.92. The molecule has 0 saturated carbocycles. The zero-order valence-corrected chi connectivity index (χ0v) is 12.6. The smallest absolute Gasteiger partial charge is 0.236 e. The number of rotatable bonds is 5.